The number of rotatable bonds is 4. The van der Waals surface area contributed by atoms with Crippen LogP contribution in [0.2, 0.25) is 0 Å². The van der Waals surface area contributed by atoms with Gasteiger partial charge >= 0.3 is 6.09 Å². The Morgan fingerprint density at radius 1 is 1.17 bits per heavy atom. The van der Waals surface area contributed by atoms with Gasteiger partial charge in [0.05, 0.1) is 19.8 Å². The molecule has 7 heteroatoms. The standard InChI is InChI=1S/C23H27N3O4/c1-28-22-13-17(4-8-24-22)16-2-3-18-19(7-11-29-20(18)12-16)25-23(27)30-21-14-26-9-5-15(21)6-10-26/h2-4,8,12-13,15,19,21H,5-7,9-11,14H2,1H3,(H,25,27)/t19?,21-/m1/s1. The van der Waals surface area contributed by atoms with Crippen LogP contribution in [0.3, 0.4) is 0 Å². The summed E-state index contributed by atoms with van der Waals surface area (Å²) in [5.74, 6) is 1.87. The molecule has 5 heterocycles. The molecule has 0 radical (unpaired) electrons. The molecular weight excluding hydrogens is 382 g/mol. The zero-order valence-corrected chi connectivity index (χ0v) is 17.2. The van der Waals surface area contributed by atoms with E-state index in [1.165, 1.54) is 0 Å². The largest absolute Gasteiger partial charge is 0.493 e. The highest BCUT2D eigenvalue weighted by molar-refractivity contribution is 5.70. The molecule has 2 bridgehead atoms. The molecule has 2 atom stereocenters. The summed E-state index contributed by atoms with van der Waals surface area (Å²) in [7, 11) is 1.60. The van der Waals surface area contributed by atoms with Crippen LogP contribution in [-0.2, 0) is 4.74 Å². The Hall–Kier alpha value is -2.80. The van der Waals surface area contributed by atoms with Crippen molar-refractivity contribution in [3.8, 4) is 22.8 Å². The fraction of sp³-hybridized carbons (Fsp3) is 0.478. The van der Waals surface area contributed by atoms with Crippen LogP contribution in [0.5, 0.6) is 11.6 Å². The van der Waals surface area contributed by atoms with Crippen LogP contribution in [0, 0.1) is 5.92 Å². The molecule has 0 spiro atoms. The first-order valence-corrected chi connectivity index (χ1v) is 10.7. The summed E-state index contributed by atoms with van der Waals surface area (Å²) in [5.41, 5.74) is 3.01. The van der Waals surface area contributed by atoms with Gasteiger partial charge in [-0.25, -0.2) is 9.78 Å². The summed E-state index contributed by atoms with van der Waals surface area (Å²) in [6, 6.07) is 9.80. The summed E-state index contributed by atoms with van der Waals surface area (Å²) in [6.45, 7) is 3.68. The lowest BCUT2D eigenvalue weighted by atomic mass is 9.86. The van der Waals surface area contributed by atoms with Crippen molar-refractivity contribution in [3.05, 3.63) is 42.1 Å². The lowest BCUT2D eigenvalue weighted by Crippen LogP contribution is -2.52. The van der Waals surface area contributed by atoms with Crippen molar-refractivity contribution in [2.45, 2.75) is 31.4 Å². The monoisotopic (exact) mass is 409 g/mol. The van der Waals surface area contributed by atoms with E-state index in [1.54, 1.807) is 13.3 Å². The number of ether oxygens (including phenoxy) is 3. The average Bonchev–Trinajstić information content (AvgIpc) is 2.80. The first kappa shape index (κ1) is 19.2. The van der Waals surface area contributed by atoms with Gasteiger partial charge in [0.2, 0.25) is 5.88 Å². The third kappa shape index (κ3) is 3.81. The van der Waals surface area contributed by atoms with Gasteiger partial charge < -0.3 is 19.5 Å². The highest BCUT2D eigenvalue weighted by atomic mass is 16.6. The summed E-state index contributed by atoms with van der Waals surface area (Å²) in [6.07, 6.45) is 4.39. The van der Waals surface area contributed by atoms with Gasteiger partial charge in [-0.2, -0.15) is 0 Å². The van der Waals surface area contributed by atoms with Crippen molar-refractivity contribution in [2.75, 3.05) is 33.4 Å². The number of benzene rings is 1. The number of hydrogen-bond acceptors (Lipinski definition) is 6. The minimum Gasteiger partial charge on any atom is -0.493 e. The van der Waals surface area contributed by atoms with E-state index in [4.69, 9.17) is 14.2 Å². The van der Waals surface area contributed by atoms with Crippen LogP contribution >= 0.6 is 0 Å². The quantitative estimate of drug-likeness (QED) is 0.834. The van der Waals surface area contributed by atoms with Crippen molar-refractivity contribution in [3.63, 3.8) is 0 Å². The number of nitrogens with zero attached hydrogens (tertiary/aromatic N) is 2. The number of aromatic nitrogens is 1. The number of methoxy groups -OCH3 is 1. The zero-order chi connectivity index (χ0) is 20.5. The van der Waals surface area contributed by atoms with Crippen LogP contribution in [0.4, 0.5) is 4.79 Å². The lowest BCUT2D eigenvalue weighted by molar-refractivity contribution is -0.0342. The number of amides is 1. The molecule has 1 unspecified atom stereocenters. The molecule has 2 aromatic rings. The molecule has 3 fully saturated rings. The van der Waals surface area contributed by atoms with Gasteiger partial charge in [-0.15, -0.1) is 0 Å². The Balaban J connectivity index is 1.28. The molecule has 4 aliphatic heterocycles. The lowest BCUT2D eigenvalue weighted by Gasteiger charge is -2.44. The van der Waals surface area contributed by atoms with E-state index in [-0.39, 0.29) is 18.2 Å². The SMILES string of the molecule is COc1cc(-c2ccc3c(c2)OCCC3NC(=O)O[C@@H]2CN3CCC2CC3)ccn1. The minimum atomic E-state index is -0.324. The molecule has 1 amide bonds. The number of carbonyl (C=O) groups excluding carboxylic acids is 1. The highest BCUT2D eigenvalue weighted by Crippen LogP contribution is 2.36. The Morgan fingerprint density at radius 2 is 2.00 bits per heavy atom. The predicted molar refractivity (Wildman–Crippen MR) is 112 cm³/mol. The number of piperidine rings is 3. The topological polar surface area (TPSA) is 72.9 Å². The Morgan fingerprint density at radius 3 is 2.77 bits per heavy atom. The second-order valence-corrected chi connectivity index (χ2v) is 8.26. The number of pyridine rings is 1. The maximum atomic E-state index is 12.6. The van der Waals surface area contributed by atoms with Crippen LogP contribution < -0.4 is 14.8 Å². The second-order valence-electron chi connectivity index (χ2n) is 8.26. The van der Waals surface area contributed by atoms with Crippen LogP contribution in [0.25, 0.3) is 11.1 Å². The predicted octanol–water partition coefficient (Wildman–Crippen LogP) is 3.40. The fourth-order valence-corrected chi connectivity index (χ4v) is 4.78. The highest BCUT2D eigenvalue weighted by Gasteiger charge is 2.37. The molecule has 0 saturated carbocycles. The molecule has 158 valence electrons. The molecule has 30 heavy (non-hydrogen) atoms. The van der Waals surface area contributed by atoms with Gasteiger partial charge in [0.15, 0.2) is 0 Å². The van der Waals surface area contributed by atoms with E-state index < -0.39 is 0 Å². The van der Waals surface area contributed by atoms with E-state index in [9.17, 15) is 4.79 Å². The van der Waals surface area contributed by atoms with Gasteiger partial charge in [-0.05, 0) is 55.1 Å². The van der Waals surface area contributed by atoms with Gasteiger partial charge in [0.25, 0.3) is 0 Å². The molecule has 1 N–H and O–H groups in total. The molecular formula is C23H27N3O4. The Labute approximate surface area is 176 Å². The van der Waals surface area contributed by atoms with Crippen molar-refractivity contribution >= 4 is 6.09 Å². The Kier molecular flexibility index (Phi) is 5.21. The number of nitrogens with one attached hydrogen (secondary N) is 1. The average molecular weight is 409 g/mol. The van der Waals surface area contributed by atoms with Crippen LogP contribution in [0.15, 0.2) is 36.5 Å². The summed E-state index contributed by atoms with van der Waals surface area (Å²) < 4.78 is 16.9. The molecule has 3 saturated heterocycles. The van der Waals surface area contributed by atoms with Gasteiger partial charge in [-0.3, -0.25) is 4.90 Å². The van der Waals surface area contributed by atoms with Gasteiger partial charge in [-0.1, -0.05) is 12.1 Å². The molecule has 0 aliphatic carbocycles. The van der Waals surface area contributed by atoms with Crippen LogP contribution in [0.1, 0.15) is 30.9 Å². The van der Waals surface area contributed by atoms with Crippen molar-refractivity contribution in [1.29, 1.82) is 0 Å². The third-order valence-corrected chi connectivity index (χ3v) is 6.48. The number of fused-ring (bicyclic) bond motifs is 4. The van der Waals surface area contributed by atoms with E-state index in [2.05, 4.69) is 15.2 Å². The Bertz CT molecular complexity index is 926. The molecule has 6 rings (SSSR count). The summed E-state index contributed by atoms with van der Waals surface area (Å²) in [5, 5.41) is 3.07. The molecule has 1 aromatic heterocycles. The number of alkyl carbamates (subject to hydrolysis) is 1. The molecule has 7 nitrogen and oxygen atoms in total. The maximum absolute atomic E-state index is 12.6. The third-order valence-electron chi connectivity index (χ3n) is 6.48. The normalized spacial score (nSPS) is 27.0. The van der Waals surface area contributed by atoms with E-state index in [1.807, 2.05) is 30.3 Å². The first-order chi connectivity index (χ1) is 14.7. The second kappa shape index (κ2) is 8.14. The number of carbonyl (C=O) groups is 1. The van der Waals surface area contributed by atoms with Gasteiger partial charge in [0, 0.05) is 30.8 Å². The first-order valence-electron chi connectivity index (χ1n) is 10.7. The number of hydrogen-bond donors (Lipinski definition) is 1. The fourth-order valence-electron chi connectivity index (χ4n) is 4.78. The molecule has 1 aromatic carbocycles. The minimum absolute atomic E-state index is 0.0101. The van der Waals surface area contributed by atoms with Gasteiger partial charge in [0.1, 0.15) is 11.9 Å². The van der Waals surface area contributed by atoms with Crippen molar-refractivity contribution in [1.82, 2.24) is 15.2 Å². The zero-order valence-electron chi connectivity index (χ0n) is 17.2. The van der Waals surface area contributed by atoms with E-state index >= 15 is 0 Å². The smallest absolute Gasteiger partial charge is 0.407 e. The van der Waals surface area contributed by atoms with E-state index in [0.29, 0.717) is 18.4 Å². The summed E-state index contributed by atoms with van der Waals surface area (Å²) >= 11 is 0. The molecule has 4 aliphatic rings. The van der Waals surface area contributed by atoms with E-state index in [0.717, 1.165) is 61.3 Å². The maximum Gasteiger partial charge on any atom is 0.407 e. The van der Waals surface area contributed by atoms with Crippen molar-refractivity contribution in [2.24, 2.45) is 5.92 Å². The van der Waals surface area contributed by atoms with Crippen LogP contribution in [-0.4, -0.2) is 55.4 Å². The van der Waals surface area contributed by atoms with Crippen molar-refractivity contribution < 1.29 is 19.0 Å². The summed E-state index contributed by atoms with van der Waals surface area (Å²) in [4.78, 5) is 19.2.